The van der Waals surface area contributed by atoms with Gasteiger partial charge in [0.25, 0.3) is 5.91 Å². The maximum Gasteiger partial charge on any atom is 0.274 e. The molecule has 1 heterocycles. The number of benzene rings is 2. The van der Waals surface area contributed by atoms with Gasteiger partial charge in [-0.25, -0.2) is 9.97 Å². The third-order valence-electron chi connectivity index (χ3n) is 4.23. The van der Waals surface area contributed by atoms with Crippen molar-refractivity contribution >= 4 is 29.0 Å². The SMILES string of the molecule is COc1ccc(CCNc2cc(C(=O)Nc3cc(Cl)ccc3C)ncn2)cc1. The van der Waals surface area contributed by atoms with Crippen LogP contribution in [0.5, 0.6) is 5.75 Å². The van der Waals surface area contributed by atoms with E-state index in [2.05, 4.69) is 20.6 Å². The third-order valence-corrected chi connectivity index (χ3v) is 4.46. The number of aromatic nitrogens is 2. The fourth-order valence-electron chi connectivity index (χ4n) is 2.62. The van der Waals surface area contributed by atoms with E-state index in [0.717, 1.165) is 17.7 Å². The molecule has 0 aliphatic heterocycles. The van der Waals surface area contributed by atoms with Crippen molar-refractivity contribution < 1.29 is 9.53 Å². The number of nitrogens with zero attached hydrogens (tertiary/aromatic N) is 2. The van der Waals surface area contributed by atoms with E-state index in [0.29, 0.717) is 23.1 Å². The summed E-state index contributed by atoms with van der Waals surface area (Å²) in [5.74, 6) is 1.11. The molecule has 1 aromatic heterocycles. The summed E-state index contributed by atoms with van der Waals surface area (Å²) in [6.07, 6.45) is 2.19. The highest BCUT2D eigenvalue weighted by Gasteiger charge is 2.11. The Morgan fingerprint density at radius 2 is 1.89 bits per heavy atom. The van der Waals surface area contributed by atoms with Gasteiger partial charge in [-0.3, -0.25) is 4.79 Å². The lowest BCUT2D eigenvalue weighted by Crippen LogP contribution is -2.15. The molecule has 28 heavy (non-hydrogen) atoms. The van der Waals surface area contributed by atoms with E-state index in [1.165, 1.54) is 11.9 Å². The molecule has 0 fully saturated rings. The van der Waals surface area contributed by atoms with Crippen LogP contribution in [0.2, 0.25) is 5.02 Å². The topological polar surface area (TPSA) is 76.1 Å². The summed E-state index contributed by atoms with van der Waals surface area (Å²) in [7, 11) is 1.65. The molecule has 1 amide bonds. The number of anilines is 2. The summed E-state index contributed by atoms with van der Waals surface area (Å²) in [5.41, 5.74) is 3.04. The molecular formula is C21H21ClN4O2. The molecule has 144 valence electrons. The predicted molar refractivity (Wildman–Crippen MR) is 111 cm³/mol. The zero-order chi connectivity index (χ0) is 19.9. The molecule has 0 atom stereocenters. The molecule has 0 radical (unpaired) electrons. The number of methoxy groups -OCH3 is 1. The molecule has 2 aromatic carbocycles. The Hall–Kier alpha value is -3.12. The minimum absolute atomic E-state index is 0.279. The van der Waals surface area contributed by atoms with Gasteiger partial charge in [-0.15, -0.1) is 0 Å². The van der Waals surface area contributed by atoms with Crippen LogP contribution >= 0.6 is 11.6 Å². The van der Waals surface area contributed by atoms with Gasteiger partial charge in [0.05, 0.1) is 7.11 Å². The summed E-state index contributed by atoms with van der Waals surface area (Å²) in [6.45, 7) is 2.58. The Morgan fingerprint density at radius 1 is 1.11 bits per heavy atom. The van der Waals surface area contributed by atoms with Crippen molar-refractivity contribution in [1.82, 2.24) is 9.97 Å². The summed E-state index contributed by atoms with van der Waals surface area (Å²) in [5, 5.41) is 6.61. The zero-order valence-electron chi connectivity index (χ0n) is 15.7. The Morgan fingerprint density at radius 3 is 2.64 bits per heavy atom. The van der Waals surface area contributed by atoms with Crippen molar-refractivity contribution in [3.8, 4) is 5.75 Å². The van der Waals surface area contributed by atoms with Crippen LogP contribution in [0.25, 0.3) is 0 Å². The molecule has 2 N–H and O–H groups in total. The van der Waals surface area contributed by atoms with Gasteiger partial charge in [-0.05, 0) is 48.7 Å². The molecule has 0 spiro atoms. The van der Waals surface area contributed by atoms with Crippen LogP contribution in [0, 0.1) is 6.92 Å². The molecule has 3 aromatic rings. The van der Waals surface area contributed by atoms with Crippen LogP contribution < -0.4 is 15.4 Å². The largest absolute Gasteiger partial charge is 0.497 e. The predicted octanol–water partition coefficient (Wildman–Crippen LogP) is 4.35. The van der Waals surface area contributed by atoms with E-state index >= 15 is 0 Å². The number of hydrogen-bond acceptors (Lipinski definition) is 5. The average molecular weight is 397 g/mol. The lowest BCUT2D eigenvalue weighted by Gasteiger charge is -2.10. The molecule has 0 bridgehead atoms. The lowest BCUT2D eigenvalue weighted by atomic mass is 10.1. The maximum absolute atomic E-state index is 12.5. The molecule has 7 heteroatoms. The molecule has 0 unspecified atom stereocenters. The van der Waals surface area contributed by atoms with Crippen molar-refractivity contribution in [1.29, 1.82) is 0 Å². The molecular weight excluding hydrogens is 376 g/mol. The molecule has 6 nitrogen and oxygen atoms in total. The minimum atomic E-state index is -0.314. The van der Waals surface area contributed by atoms with Crippen molar-refractivity contribution in [3.63, 3.8) is 0 Å². The normalized spacial score (nSPS) is 10.4. The fourth-order valence-corrected chi connectivity index (χ4v) is 2.79. The van der Waals surface area contributed by atoms with Crippen molar-refractivity contribution in [2.24, 2.45) is 0 Å². The van der Waals surface area contributed by atoms with Crippen LogP contribution in [0.4, 0.5) is 11.5 Å². The van der Waals surface area contributed by atoms with Gasteiger partial charge < -0.3 is 15.4 Å². The second kappa shape index (κ2) is 9.19. The summed E-state index contributed by atoms with van der Waals surface area (Å²) in [6, 6.07) is 14.9. The molecule has 0 aliphatic rings. The highest BCUT2D eigenvalue weighted by molar-refractivity contribution is 6.31. The third kappa shape index (κ3) is 5.20. The fraction of sp³-hybridized carbons (Fsp3) is 0.190. The standard InChI is InChI=1S/C21H21ClN4O2/c1-14-3-6-16(22)11-18(14)26-21(27)19-12-20(25-13-24-19)23-10-9-15-4-7-17(28-2)8-5-15/h3-8,11-13H,9-10H2,1-2H3,(H,26,27)(H,23,24,25). The van der Waals surface area contributed by atoms with Gasteiger partial charge >= 0.3 is 0 Å². The number of nitrogens with one attached hydrogen (secondary N) is 2. The maximum atomic E-state index is 12.5. The van der Waals surface area contributed by atoms with Gasteiger partial charge in [0.15, 0.2) is 0 Å². The van der Waals surface area contributed by atoms with E-state index in [1.54, 1.807) is 25.3 Å². The van der Waals surface area contributed by atoms with Crippen molar-refractivity contribution in [2.45, 2.75) is 13.3 Å². The van der Waals surface area contributed by atoms with Gasteiger partial charge in [0, 0.05) is 23.3 Å². The van der Waals surface area contributed by atoms with Crippen LogP contribution in [-0.4, -0.2) is 29.5 Å². The smallest absolute Gasteiger partial charge is 0.274 e. The quantitative estimate of drug-likeness (QED) is 0.620. The average Bonchev–Trinajstić information content (AvgIpc) is 2.71. The van der Waals surface area contributed by atoms with Crippen molar-refractivity contribution in [3.05, 3.63) is 76.7 Å². The van der Waals surface area contributed by atoms with Gasteiger partial charge in [-0.1, -0.05) is 29.8 Å². The number of hydrogen-bond donors (Lipinski definition) is 2. The van der Waals surface area contributed by atoms with Crippen LogP contribution in [0.15, 0.2) is 54.9 Å². The van der Waals surface area contributed by atoms with Crippen LogP contribution in [0.3, 0.4) is 0 Å². The highest BCUT2D eigenvalue weighted by Crippen LogP contribution is 2.21. The first-order valence-corrected chi connectivity index (χ1v) is 9.19. The van der Waals surface area contributed by atoms with Gasteiger partial charge in [0.2, 0.25) is 0 Å². The second-order valence-electron chi connectivity index (χ2n) is 6.23. The summed E-state index contributed by atoms with van der Waals surface area (Å²) in [4.78, 5) is 20.7. The van der Waals surface area contributed by atoms with E-state index < -0.39 is 0 Å². The van der Waals surface area contributed by atoms with E-state index in [-0.39, 0.29) is 11.6 Å². The second-order valence-corrected chi connectivity index (χ2v) is 6.66. The number of amides is 1. The molecule has 0 saturated heterocycles. The first-order valence-electron chi connectivity index (χ1n) is 8.81. The summed E-state index contributed by atoms with van der Waals surface area (Å²) < 4.78 is 5.16. The Kier molecular flexibility index (Phi) is 6.45. The Bertz CT molecular complexity index is 961. The van der Waals surface area contributed by atoms with E-state index in [9.17, 15) is 4.79 Å². The van der Waals surface area contributed by atoms with Crippen molar-refractivity contribution in [2.75, 3.05) is 24.3 Å². The number of rotatable bonds is 7. The monoisotopic (exact) mass is 396 g/mol. The number of aryl methyl sites for hydroxylation is 1. The van der Waals surface area contributed by atoms with E-state index in [4.69, 9.17) is 16.3 Å². The molecule has 3 rings (SSSR count). The number of carbonyl (C=O) groups excluding carboxylic acids is 1. The lowest BCUT2D eigenvalue weighted by molar-refractivity contribution is 0.102. The van der Waals surface area contributed by atoms with Gasteiger partial charge in [-0.2, -0.15) is 0 Å². The number of halogens is 1. The highest BCUT2D eigenvalue weighted by atomic mass is 35.5. The minimum Gasteiger partial charge on any atom is -0.497 e. The number of ether oxygens (including phenoxy) is 1. The first-order chi connectivity index (χ1) is 13.5. The van der Waals surface area contributed by atoms with Crippen LogP contribution in [0.1, 0.15) is 21.6 Å². The molecule has 0 saturated carbocycles. The Labute approximate surface area is 168 Å². The van der Waals surface area contributed by atoms with Crippen LogP contribution in [-0.2, 0) is 6.42 Å². The summed E-state index contributed by atoms with van der Waals surface area (Å²) >= 11 is 6.00. The van der Waals surface area contributed by atoms with E-state index in [1.807, 2.05) is 37.3 Å². The Balaban J connectivity index is 1.59. The number of carbonyl (C=O) groups is 1. The first kappa shape index (κ1) is 19.6. The molecule has 0 aliphatic carbocycles. The van der Waals surface area contributed by atoms with Gasteiger partial charge in [0.1, 0.15) is 23.6 Å². The zero-order valence-corrected chi connectivity index (χ0v) is 16.5.